The van der Waals surface area contributed by atoms with Gasteiger partial charge in [-0.2, -0.15) is 0 Å². The number of carbonyl (C=O) groups is 2. The van der Waals surface area contributed by atoms with Crippen molar-refractivity contribution >= 4 is 17.8 Å². The van der Waals surface area contributed by atoms with E-state index >= 15 is 0 Å². The zero-order chi connectivity index (χ0) is 34.5. The Labute approximate surface area is 289 Å². The maximum Gasteiger partial charge on any atom is 0.407 e. The SMILES string of the molecule is CCC(O)CN(C[C@H]1CC[C@H](C(=O)N(C[C@H]2CC[C@H](c3ccc(OC)c(C)n3)CC2)c2cc(-c3coc(C4CC4)n3)ccn2)CC1)C(=O)O. The summed E-state index contributed by atoms with van der Waals surface area (Å²) in [6.45, 7) is 4.93. The second kappa shape index (κ2) is 15.7. The smallest absolute Gasteiger partial charge is 0.407 e. The number of nitrogens with zero attached hydrogens (tertiary/aromatic N) is 5. The maximum absolute atomic E-state index is 14.4. The quantitative estimate of drug-likeness (QED) is 0.193. The molecule has 49 heavy (non-hydrogen) atoms. The van der Waals surface area contributed by atoms with Crippen LogP contribution in [0.4, 0.5) is 10.6 Å². The molecule has 3 heterocycles. The fourth-order valence-electron chi connectivity index (χ4n) is 7.61. The van der Waals surface area contributed by atoms with Crippen molar-refractivity contribution in [1.29, 1.82) is 0 Å². The number of amides is 2. The van der Waals surface area contributed by atoms with Crippen molar-refractivity contribution in [1.82, 2.24) is 19.9 Å². The molecule has 0 radical (unpaired) electrons. The van der Waals surface area contributed by atoms with Gasteiger partial charge in [0, 0.05) is 54.8 Å². The number of aromatic nitrogens is 3. The Bertz CT molecular complexity index is 1570. The highest BCUT2D eigenvalue weighted by Gasteiger charge is 2.35. The van der Waals surface area contributed by atoms with Gasteiger partial charge in [-0.1, -0.05) is 6.92 Å². The molecule has 11 nitrogen and oxygen atoms in total. The molecule has 3 aliphatic carbocycles. The fourth-order valence-corrected chi connectivity index (χ4v) is 7.61. The predicted molar refractivity (Wildman–Crippen MR) is 186 cm³/mol. The summed E-state index contributed by atoms with van der Waals surface area (Å²) >= 11 is 0. The van der Waals surface area contributed by atoms with Crippen molar-refractivity contribution in [2.45, 2.75) is 102 Å². The summed E-state index contributed by atoms with van der Waals surface area (Å²) in [7, 11) is 1.67. The predicted octanol–water partition coefficient (Wildman–Crippen LogP) is 7.19. The fraction of sp³-hybridized carbons (Fsp3) is 0.605. The minimum atomic E-state index is -1.01. The Morgan fingerprint density at radius 2 is 1.65 bits per heavy atom. The third-order valence-electron chi connectivity index (χ3n) is 10.9. The van der Waals surface area contributed by atoms with Crippen LogP contribution in [0, 0.1) is 24.7 Å². The summed E-state index contributed by atoms with van der Waals surface area (Å²) in [6.07, 6.45) is 11.5. The number of hydrogen-bond donors (Lipinski definition) is 2. The van der Waals surface area contributed by atoms with Gasteiger partial charge in [0.25, 0.3) is 0 Å². The molecule has 1 atom stereocenters. The Morgan fingerprint density at radius 1 is 0.959 bits per heavy atom. The maximum atomic E-state index is 14.4. The molecule has 1 unspecified atom stereocenters. The molecule has 0 saturated heterocycles. The van der Waals surface area contributed by atoms with E-state index < -0.39 is 12.2 Å². The van der Waals surface area contributed by atoms with Gasteiger partial charge in [0.2, 0.25) is 5.91 Å². The van der Waals surface area contributed by atoms with Crippen molar-refractivity contribution in [2.75, 3.05) is 31.6 Å². The Morgan fingerprint density at radius 3 is 2.31 bits per heavy atom. The first-order valence-electron chi connectivity index (χ1n) is 18.1. The number of oxazole rings is 1. The van der Waals surface area contributed by atoms with Crippen LogP contribution in [0.15, 0.2) is 41.1 Å². The highest BCUT2D eigenvalue weighted by atomic mass is 16.5. The van der Waals surface area contributed by atoms with Crippen LogP contribution in [0.25, 0.3) is 11.3 Å². The average Bonchev–Trinajstić information content (AvgIpc) is 3.86. The number of carbonyl (C=O) groups excluding carboxylic acids is 1. The normalized spacial score (nSPS) is 23.1. The number of ether oxygens (including phenoxy) is 1. The molecule has 3 aromatic heterocycles. The number of hydrogen-bond acceptors (Lipinski definition) is 8. The van der Waals surface area contributed by atoms with E-state index in [2.05, 4.69) is 6.07 Å². The molecule has 3 fully saturated rings. The zero-order valence-corrected chi connectivity index (χ0v) is 29.1. The molecular weight excluding hydrogens is 622 g/mol. The van der Waals surface area contributed by atoms with Gasteiger partial charge in [-0.05, 0) is 114 Å². The van der Waals surface area contributed by atoms with Crippen molar-refractivity contribution in [3.8, 4) is 17.0 Å². The Balaban J connectivity index is 1.15. The van der Waals surface area contributed by atoms with Gasteiger partial charge in [-0.15, -0.1) is 0 Å². The number of pyridine rings is 2. The standard InChI is InChI=1S/C38H51N5O6/c1-4-31(44)22-42(38(46)47)20-25-7-11-29(12-8-25)37(45)43(35-19-30(17-18-39-35)33-23-49-36(41-33)28-13-14-28)21-26-5-9-27(10-6-26)32-15-16-34(48-3)24(2)40-32/h15-19,23,25-29,31,44H,4-14,20-22H2,1-3H3,(H,46,47)/t25-,26-,27-,29-,31?. The Hall–Kier alpha value is -3.99. The Kier molecular flexibility index (Phi) is 11.2. The number of aryl methyl sites for hydroxylation is 1. The highest BCUT2D eigenvalue weighted by molar-refractivity contribution is 5.94. The molecule has 3 saturated carbocycles. The monoisotopic (exact) mass is 673 g/mol. The average molecular weight is 674 g/mol. The second-order valence-electron chi connectivity index (χ2n) is 14.4. The molecule has 11 heteroatoms. The van der Waals surface area contributed by atoms with Crippen LogP contribution in [-0.4, -0.2) is 74.9 Å². The number of methoxy groups -OCH3 is 1. The van der Waals surface area contributed by atoms with Crippen molar-refractivity contribution < 1.29 is 29.0 Å². The van der Waals surface area contributed by atoms with E-state index in [-0.39, 0.29) is 24.3 Å². The topological polar surface area (TPSA) is 142 Å². The van der Waals surface area contributed by atoms with Gasteiger partial charge in [0.1, 0.15) is 23.5 Å². The van der Waals surface area contributed by atoms with Gasteiger partial charge in [0.05, 0.1) is 18.9 Å². The summed E-state index contributed by atoms with van der Waals surface area (Å²) in [5, 5.41) is 19.8. The summed E-state index contributed by atoms with van der Waals surface area (Å²) in [6, 6.07) is 7.98. The first-order chi connectivity index (χ1) is 23.7. The lowest BCUT2D eigenvalue weighted by Crippen LogP contribution is -2.43. The van der Waals surface area contributed by atoms with Crippen LogP contribution in [0.1, 0.15) is 107 Å². The van der Waals surface area contributed by atoms with Crippen LogP contribution >= 0.6 is 0 Å². The van der Waals surface area contributed by atoms with E-state index in [0.717, 1.165) is 85.7 Å². The summed E-state index contributed by atoms with van der Waals surface area (Å²) in [4.78, 5) is 43.8. The van der Waals surface area contributed by atoms with Crippen molar-refractivity contribution in [2.24, 2.45) is 17.8 Å². The van der Waals surface area contributed by atoms with Gasteiger partial charge < -0.3 is 24.3 Å². The highest BCUT2D eigenvalue weighted by Crippen LogP contribution is 2.41. The summed E-state index contributed by atoms with van der Waals surface area (Å²) < 4.78 is 11.2. The molecule has 3 aromatic rings. The molecule has 2 amide bonds. The van der Waals surface area contributed by atoms with E-state index in [1.54, 1.807) is 19.6 Å². The van der Waals surface area contributed by atoms with Crippen LogP contribution < -0.4 is 9.64 Å². The van der Waals surface area contributed by atoms with Gasteiger partial charge >= 0.3 is 6.09 Å². The van der Waals surface area contributed by atoms with E-state index in [1.165, 1.54) is 4.90 Å². The number of rotatable bonds is 13. The summed E-state index contributed by atoms with van der Waals surface area (Å²) in [5.74, 6) is 3.46. The van der Waals surface area contributed by atoms with Gasteiger partial charge in [0.15, 0.2) is 5.89 Å². The number of carboxylic acid groups (broad SMARTS) is 1. The molecule has 264 valence electrons. The molecule has 0 aliphatic heterocycles. The van der Waals surface area contributed by atoms with Crippen LogP contribution in [0.5, 0.6) is 5.75 Å². The van der Waals surface area contributed by atoms with Crippen molar-refractivity contribution in [3.63, 3.8) is 0 Å². The largest absolute Gasteiger partial charge is 0.495 e. The van der Waals surface area contributed by atoms with Crippen LogP contribution in [0.2, 0.25) is 0 Å². The van der Waals surface area contributed by atoms with Crippen LogP contribution in [-0.2, 0) is 4.79 Å². The molecule has 0 aromatic carbocycles. The second-order valence-corrected chi connectivity index (χ2v) is 14.4. The number of aliphatic hydroxyl groups is 1. The molecule has 2 N–H and O–H groups in total. The third-order valence-corrected chi connectivity index (χ3v) is 10.9. The van der Waals surface area contributed by atoms with Gasteiger partial charge in [-0.3, -0.25) is 14.7 Å². The first kappa shape index (κ1) is 34.9. The molecule has 6 rings (SSSR count). The van der Waals surface area contributed by atoms with Crippen LogP contribution in [0.3, 0.4) is 0 Å². The lowest BCUT2D eigenvalue weighted by Gasteiger charge is -2.36. The lowest BCUT2D eigenvalue weighted by atomic mass is 9.79. The minimum absolute atomic E-state index is 0.0907. The molecule has 0 bridgehead atoms. The third kappa shape index (κ3) is 8.60. The van der Waals surface area contributed by atoms with E-state index in [4.69, 9.17) is 24.1 Å². The summed E-state index contributed by atoms with van der Waals surface area (Å²) in [5.41, 5.74) is 3.66. The lowest BCUT2D eigenvalue weighted by molar-refractivity contribution is -0.123. The van der Waals surface area contributed by atoms with Crippen molar-refractivity contribution in [3.05, 3.63) is 54.0 Å². The molecular formula is C38H51N5O6. The van der Waals surface area contributed by atoms with E-state index in [9.17, 15) is 19.8 Å². The van der Waals surface area contributed by atoms with E-state index in [1.807, 2.05) is 36.9 Å². The first-order valence-corrected chi connectivity index (χ1v) is 18.1. The van der Waals surface area contributed by atoms with E-state index in [0.29, 0.717) is 55.9 Å². The zero-order valence-electron chi connectivity index (χ0n) is 29.1. The molecule has 3 aliphatic rings. The number of anilines is 1. The number of aliphatic hydroxyl groups excluding tert-OH is 1. The minimum Gasteiger partial charge on any atom is -0.495 e. The van der Waals surface area contributed by atoms with Gasteiger partial charge in [-0.25, -0.2) is 14.8 Å². The molecule has 0 spiro atoms.